The van der Waals surface area contributed by atoms with Gasteiger partial charge in [0.05, 0.1) is 49.0 Å². The van der Waals surface area contributed by atoms with Crippen molar-refractivity contribution < 1.29 is 84.7 Å². The van der Waals surface area contributed by atoms with Crippen LogP contribution >= 0.6 is 0 Å². The van der Waals surface area contributed by atoms with Gasteiger partial charge in [-0.05, 0) is 165 Å². The van der Waals surface area contributed by atoms with E-state index < -0.39 is 143 Å². The lowest BCUT2D eigenvalue weighted by atomic mass is 9.83. The molecule has 758 valence electrons. The molecular formula is C108H115F4N15O18. The molecule has 0 radical (unpaired) electrons. The van der Waals surface area contributed by atoms with Gasteiger partial charge in [-0.2, -0.15) is 20.4 Å². The third kappa shape index (κ3) is 24.1. The molecule has 12 aromatic rings. The summed E-state index contributed by atoms with van der Waals surface area (Å²) in [6, 6.07) is 56.6. The van der Waals surface area contributed by atoms with Crippen LogP contribution in [0.25, 0.3) is 0 Å². The minimum atomic E-state index is -0.857. The minimum absolute atomic E-state index is 0.0310. The van der Waals surface area contributed by atoms with E-state index in [0.29, 0.717) is 54.4 Å². The monoisotopic (exact) mass is 1990 g/mol. The highest BCUT2D eigenvalue weighted by Gasteiger charge is 2.47. The fourth-order valence-corrected chi connectivity index (χ4v) is 18.5. The molecule has 0 spiro atoms. The quantitative estimate of drug-likeness (QED) is 0.0141. The number of esters is 2. The lowest BCUT2D eigenvalue weighted by Gasteiger charge is -2.41. The topological polar surface area (TPSA) is 412 Å². The van der Waals surface area contributed by atoms with Crippen molar-refractivity contribution in [1.29, 1.82) is 0 Å². The van der Waals surface area contributed by atoms with Gasteiger partial charge in [-0.1, -0.05) is 197 Å². The molecule has 145 heavy (non-hydrogen) atoms. The van der Waals surface area contributed by atoms with Crippen LogP contribution in [0.2, 0.25) is 0 Å². The number of carbonyl (C=O) groups is 7. The van der Waals surface area contributed by atoms with Crippen LogP contribution in [-0.4, -0.2) is 197 Å². The van der Waals surface area contributed by atoms with Crippen molar-refractivity contribution in [2.75, 3.05) is 73.2 Å². The first-order chi connectivity index (χ1) is 69.6. The number of amides is 5. The third-order valence-electron chi connectivity index (χ3n) is 26.1. The number of aromatic hydroxyl groups is 1. The van der Waals surface area contributed by atoms with Gasteiger partial charge >= 0.3 is 18.0 Å². The summed E-state index contributed by atoms with van der Waals surface area (Å²) in [6.45, 7) is 19.3. The number of aryl methyl sites for hydroxylation is 2. The van der Waals surface area contributed by atoms with E-state index in [-0.39, 0.29) is 107 Å². The Kier molecular flexibility index (Phi) is 34.0. The second-order valence-electron chi connectivity index (χ2n) is 36.9. The molecule has 17 rings (SSSR count). The number of likely N-dealkylation sites (N-methyl/N-ethyl adjacent to an activating group) is 2. The summed E-state index contributed by atoms with van der Waals surface area (Å²) >= 11 is 0. The van der Waals surface area contributed by atoms with E-state index in [1.807, 2.05) is 163 Å². The van der Waals surface area contributed by atoms with E-state index in [1.54, 1.807) is 88.4 Å². The standard InChI is InChI=1S/C29H33FN4O5.C29H34N4O5.C26H27FN4O5.C24H21F2N3O3/c1-5-33-15-22(24(19-9-6-8-18(4)12-19)20-10-7-11-21(30)13-20)34-26(28(33)36)27(23(35)14-32-34)38-16-39-29(37)25(31)17(2)3;1-18(2)25(30)29(36)38-17-37-27-23(34)15-31-33-22(16-32(19(3)4)28(35)26(27)33)24(20-11-7-5-8-12-20)21-13-9-6-10-14-21;1-4-30-14-20(22(17-8-5-7-16(2)11-17)18-9-6-10-19(27)12-18)31-23(25(30)33)24(21(32)13-29-31)35-15-36-26(34)28-3;25-17-5-1-3-15(9-17)21(16-4-2-6-18(26)10-16)19-13-28(12-14-7-8-14)24(32)22-23(31)20(30)11-27-29(19)22/h6-14,17,22,24-25H,5,15-16,31H2,1-4H3;5-15,18-19,22,24-25H,16-17,30H2,1-4H3;5-13,20,22H,4,14-15H2,1-3H3,(H,28,34);1-6,9-11,14,19,21,31H,7-8,12-13H2. The van der Waals surface area contributed by atoms with Crippen LogP contribution in [0.5, 0.6) is 23.0 Å². The maximum Gasteiger partial charge on any atom is 0.409 e. The molecule has 37 heteroatoms. The van der Waals surface area contributed by atoms with Crippen LogP contribution in [0.15, 0.2) is 250 Å². The highest BCUT2D eigenvalue weighted by Crippen LogP contribution is 2.46. The maximum atomic E-state index is 14.4. The lowest BCUT2D eigenvalue weighted by molar-refractivity contribution is -0.153. The Labute approximate surface area is 833 Å². The van der Waals surface area contributed by atoms with E-state index in [1.165, 1.54) is 69.6 Å². The molecule has 4 aromatic heterocycles. The number of hydrogen-bond acceptors (Lipinski definition) is 24. The van der Waals surface area contributed by atoms with Crippen LogP contribution in [0.1, 0.15) is 214 Å². The van der Waals surface area contributed by atoms with Crippen LogP contribution in [-0.2, 0) is 23.8 Å². The zero-order chi connectivity index (χ0) is 104. The summed E-state index contributed by atoms with van der Waals surface area (Å²) < 4.78 is 94.9. The molecule has 1 aliphatic carbocycles. The molecule has 0 bridgehead atoms. The van der Waals surface area contributed by atoms with Crippen LogP contribution < -0.4 is 52.7 Å². The van der Waals surface area contributed by atoms with Gasteiger partial charge in [0.15, 0.2) is 28.5 Å². The van der Waals surface area contributed by atoms with E-state index in [2.05, 4.69) is 25.7 Å². The van der Waals surface area contributed by atoms with Crippen molar-refractivity contribution in [2.45, 2.75) is 148 Å². The first-order valence-corrected chi connectivity index (χ1v) is 47.8. The number of nitrogens with zero attached hydrogens (tertiary/aromatic N) is 12. The summed E-state index contributed by atoms with van der Waals surface area (Å²) in [7, 11) is 1.39. The van der Waals surface area contributed by atoms with Gasteiger partial charge in [-0.3, -0.25) is 66.7 Å². The fraction of sp³-hybridized carbons (Fsp3) is 0.343. The number of fused-ring (bicyclic) bond motifs is 4. The van der Waals surface area contributed by atoms with Crippen LogP contribution in [0.4, 0.5) is 22.4 Å². The number of nitrogens with one attached hydrogen (secondary N) is 1. The van der Waals surface area contributed by atoms with Crippen molar-refractivity contribution in [3.8, 4) is 23.0 Å². The molecule has 5 aliphatic rings. The zero-order valence-corrected chi connectivity index (χ0v) is 81.9. The van der Waals surface area contributed by atoms with Crippen molar-refractivity contribution in [3.05, 3.63) is 374 Å². The Balaban J connectivity index is 0.000000153. The van der Waals surface area contributed by atoms with Gasteiger partial charge < -0.3 is 69.9 Å². The molecule has 8 unspecified atom stereocenters. The highest BCUT2D eigenvalue weighted by molar-refractivity contribution is 5.98. The lowest BCUT2D eigenvalue weighted by Crippen LogP contribution is -2.50. The SMILES string of the molecule is CC(C)C(N)C(=O)OCOc1c2n(ncc1=O)C(C(c1ccccc1)c1ccccc1)CN(C(C)C)C2=O.CCN1CC(C(c2cccc(C)c2)c2cccc(F)c2)n2ncc(=O)c(OCOC(=O)C(N)C(C)C)c2C1=O.CCN1CC(C(c2cccc(C)c2)c2cccc(F)c2)n2ncc(=O)c(OCOC(=O)NC)c2C1=O.O=C1c2c(O)c(=O)cnn2C(C(c2cccc(F)c2)c2cccc(F)c2)CN1CC1CC1. The van der Waals surface area contributed by atoms with E-state index in [4.69, 9.17) is 39.9 Å². The zero-order valence-electron chi connectivity index (χ0n) is 81.9. The molecule has 6 N–H and O–H groups in total. The Bertz CT molecular complexity index is 6810. The van der Waals surface area contributed by atoms with E-state index >= 15 is 0 Å². The highest BCUT2D eigenvalue weighted by atomic mass is 19.1. The normalized spacial score (nSPS) is 16.6. The Morgan fingerprint density at radius 3 is 1.03 bits per heavy atom. The number of rotatable bonds is 30. The predicted molar refractivity (Wildman–Crippen MR) is 528 cm³/mol. The number of ether oxygens (including phenoxy) is 6. The predicted octanol–water partition coefficient (Wildman–Crippen LogP) is 13.4. The smallest absolute Gasteiger partial charge is 0.409 e. The minimum Gasteiger partial charge on any atom is -0.502 e. The molecule has 33 nitrogen and oxygen atoms in total. The van der Waals surface area contributed by atoms with Gasteiger partial charge in [0, 0.05) is 82.6 Å². The van der Waals surface area contributed by atoms with Gasteiger partial charge in [0.2, 0.25) is 59.3 Å². The average molecular weight is 1990 g/mol. The first kappa shape index (κ1) is 105. The fourth-order valence-electron chi connectivity index (χ4n) is 18.5. The van der Waals surface area contributed by atoms with Crippen molar-refractivity contribution in [1.82, 2.24) is 64.0 Å². The largest absolute Gasteiger partial charge is 0.502 e. The van der Waals surface area contributed by atoms with Gasteiger partial charge in [-0.25, -0.2) is 22.4 Å². The Morgan fingerprint density at radius 2 is 0.697 bits per heavy atom. The van der Waals surface area contributed by atoms with Gasteiger partial charge in [-0.15, -0.1) is 0 Å². The summed E-state index contributed by atoms with van der Waals surface area (Å²) in [5.74, 6) is -7.56. The molecule has 4 aliphatic heterocycles. The molecular weight excluding hydrogens is 1870 g/mol. The number of halogens is 4. The number of alkyl carbamates (subject to hydrolysis) is 1. The van der Waals surface area contributed by atoms with E-state index in [0.717, 1.165) is 71.0 Å². The second kappa shape index (κ2) is 47.0. The first-order valence-electron chi connectivity index (χ1n) is 47.8. The Morgan fingerprint density at radius 1 is 0.393 bits per heavy atom. The van der Waals surface area contributed by atoms with Crippen molar-refractivity contribution in [3.63, 3.8) is 0 Å². The Hall–Kier alpha value is -15.8. The summed E-state index contributed by atoms with van der Waals surface area (Å²) in [5.41, 5.74) is 17.4. The number of hydrogen-bond donors (Lipinski definition) is 4. The third-order valence-corrected chi connectivity index (χ3v) is 26.1. The molecule has 1 saturated carbocycles. The summed E-state index contributed by atoms with van der Waals surface area (Å²) in [5, 5.41) is 30.0. The molecule has 8 heterocycles. The molecule has 8 atom stereocenters. The number of carbonyl (C=O) groups excluding carboxylic acids is 7. The van der Waals surface area contributed by atoms with Gasteiger partial charge in [0.25, 0.3) is 23.6 Å². The summed E-state index contributed by atoms with van der Waals surface area (Å²) in [4.78, 5) is 147. The maximum absolute atomic E-state index is 14.4. The van der Waals surface area contributed by atoms with Crippen LogP contribution in [0.3, 0.4) is 0 Å². The molecule has 1 fully saturated rings. The molecule has 0 saturated heterocycles. The van der Waals surface area contributed by atoms with Crippen molar-refractivity contribution in [2.24, 2.45) is 29.2 Å². The van der Waals surface area contributed by atoms with E-state index in [9.17, 15) is 75.4 Å². The summed E-state index contributed by atoms with van der Waals surface area (Å²) in [6.07, 6.45) is 5.52. The second-order valence-corrected chi connectivity index (χ2v) is 36.9. The number of benzene rings is 8. The number of aromatic nitrogens is 8. The number of nitrogens with two attached hydrogens (primary N) is 2. The average Bonchev–Trinajstić information content (AvgIpc) is 1.44. The van der Waals surface area contributed by atoms with Crippen molar-refractivity contribution >= 4 is 41.7 Å². The molecule has 5 amide bonds. The van der Waals surface area contributed by atoms with Crippen LogP contribution in [0, 0.1) is 54.9 Å². The molecule has 8 aromatic carbocycles. The van der Waals surface area contributed by atoms with Gasteiger partial charge in [0.1, 0.15) is 35.4 Å².